The maximum Gasteiger partial charge on any atom is 0.326 e. The van der Waals surface area contributed by atoms with Crippen LogP contribution in [0, 0.1) is 0 Å². The van der Waals surface area contributed by atoms with E-state index in [4.69, 9.17) is 10.5 Å². The highest BCUT2D eigenvalue weighted by Crippen LogP contribution is 2.11. The van der Waals surface area contributed by atoms with E-state index in [2.05, 4.69) is 55.6 Å². The van der Waals surface area contributed by atoms with Crippen LogP contribution in [0.4, 0.5) is 0 Å². The number of hydrogen-bond donors (Lipinski definition) is 3. The fourth-order valence-electron chi connectivity index (χ4n) is 4.79. The van der Waals surface area contributed by atoms with Crippen molar-refractivity contribution in [3.63, 3.8) is 0 Å². The zero-order valence-corrected chi connectivity index (χ0v) is 29.1. The summed E-state index contributed by atoms with van der Waals surface area (Å²) in [5.41, 5.74) is 5.45. The number of carbonyl (C=O) groups is 3. The molecule has 0 fully saturated rings. The number of carboxylic acids is 1. The number of nitrogens with one attached hydrogen (secondary N) is 1. The summed E-state index contributed by atoms with van der Waals surface area (Å²) < 4.78 is 5.76. The molecule has 0 aliphatic heterocycles. The Hall–Kier alpha value is -2.93. The van der Waals surface area contributed by atoms with Gasteiger partial charge in [-0.05, 0) is 102 Å². The van der Waals surface area contributed by atoms with Crippen molar-refractivity contribution >= 4 is 17.8 Å². The summed E-state index contributed by atoms with van der Waals surface area (Å²) in [5, 5.41) is 11.8. The minimum Gasteiger partial charge on any atom is -0.480 e. The standard InChI is InChI=1S/C39H66N2O5/c1-3-5-7-9-10-11-12-13-14-15-16-17-18-23-27-33-38(43)46-35(29-24-20-8-6-4-2)30-25-21-19-22-26-32-37(42)41-36(39(44)45)31-28-34-40/h6,8,10-11,13-14,24-25,29-30,35-36H,3-5,7,9,12,15-23,26-28,31-34,40H2,1-2H3,(H,41,42)(H,44,45)/b8-6-,11-10-,14-13-,29-24-,30-25-. The van der Waals surface area contributed by atoms with Gasteiger partial charge in [0.2, 0.25) is 5.91 Å². The van der Waals surface area contributed by atoms with Crippen molar-refractivity contribution in [3.05, 3.63) is 60.8 Å². The van der Waals surface area contributed by atoms with Gasteiger partial charge < -0.3 is 20.9 Å². The van der Waals surface area contributed by atoms with Gasteiger partial charge in [0.25, 0.3) is 0 Å². The van der Waals surface area contributed by atoms with Crippen molar-refractivity contribution in [1.82, 2.24) is 5.32 Å². The van der Waals surface area contributed by atoms with E-state index in [1.165, 1.54) is 38.5 Å². The normalized spacial score (nSPS) is 13.5. The lowest BCUT2D eigenvalue weighted by molar-refractivity contribution is -0.145. The van der Waals surface area contributed by atoms with Gasteiger partial charge in [-0.25, -0.2) is 4.79 Å². The van der Waals surface area contributed by atoms with Crippen LogP contribution in [0.3, 0.4) is 0 Å². The Morgan fingerprint density at radius 1 is 0.674 bits per heavy atom. The number of hydrogen-bond acceptors (Lipinski definition) is 5. The van der Waals surface area contributed by atoms with Crippen molar-refractivity contribution in [2.75, 3.05) is 6.54 Å². The zero-order chi connectivity index (χ0) is 33.9. The van der Waals surface area contributed by atoms with Crippen LogP contribution in [0.5, 0.6) is 0 Å². The molecule has 0 saturated heterocycles. The van der Waals surface area contributed by atoms with Crippen LogP contribution >= 0.6 is 0 Å². The van der Waals surface area contributed by atoms with Crippen LogP contribution < -0.4 is 11.1 Å². The molecule has 0 spiro atoms. The molecular weight excluding hydrogens is 576 g/mol. The molecule has 0 aromatic carbocycles. The molecule has 0 aromatic heterocycles. The van der Waals surface area contributed by atoms with Gasteiger partial charge in [0.05, 0.1) is 0 Å². The molecule has 1 amide bonds. The Balaban J connectivity index is 4.29. The molecule has 0 aliphatic carbocycles. The topological polar surface area (TPSA) is 119 Å². The van der Waals surface area contributed by atoms with Gasteiger partial charge in [-0.2, -0.15) is 0 Å². The number of amides is 1. The lowest BCUT2D eigenvalue weighted by Gasteiger charge is -2.13. The van der Waals surface area contributed by atoms with E-state index in [9.17, 15) is 19.5 Å². The number of rotatable bonds is 31. The minimum atomic E-state index is -1.02. The van der Waals surface area contributed by atoms with Crippen molar-refractivity contribution < 1.29 is 24.2 Å². The Labute approximate surface area is 280 Å². The summed E-state index contributed by atoms with van der Waals surface area (Å²) in [4.78, 5) is 35.9. The van der Waals surface area contributed by atoms with E-state index in [0.29, 0.717) is 38.6 Å². The monoisotopic (exact) mass is 642 g/mol. The molecule has 0 bridgehead atoms. The SMILES string of the molecule is CC/C=C\C/C=C\C(/C=C\CCCCCC(=O)NC(CCCN)C(=O)O)OC(=O)CCCCCCC/C=C\C/C=C\CCCCC. The minimum absolute atomic E-state index is 0.161. The first-order valence-corrected chi connectivity index (χ1v) is 18.1. The molecule has 0 heterocycles. The van der Waals surface area contributed by atoms with E-state index in [0.717, 1.165) is 64.2 Å². The molecule has 2 unspecified atom stereocenters. The zero-order valence-electron chi connectivity index (χ0n) is 29.1. The predicted octanol–water partition coefficient (Wildman–Crippen LogP) is 9.44. The molecule has 0 rings (SSSR count). The predicted molar refractivity (Wildman–Crippen MR) is 193 cm³/mol. The van der Waals surface area contributed by atoms with Gasteiger partial charge in [-0.1, -0.05) is 101 Å². The van der Waals surface area contributed by atoms with E-state index in [1.807, 2.05) is 24.3 Å². The van der Waals surface area contributed by atoms with Crippen LogP contribution in [-0.2, 0) is 19.1 Å². The summed E-state index contributed by atoms with van der Waals surface area (Å²) in [6.07, 6.45) is 40.3. The average molecular weight is 643 g/mol. The molecule has 0 saturated carbocycles. The van der Waals surface area contributed by atoms with Crippen LogP contribution in [-0.4, -0.2) is 41.6 Å². The summed E-state index contributed by atoms with van der Waals surface area (Å²) in [5.74, 6) is -1.42. The Morgan fingerprint density at radius 2 is 1.24 bits per heavy atom. The Bertz CT molecular complexity index is 906. The first kappa shape index (κ1) is 43.1. The molecule has 0 radical (unpaired) electrons. The lowest BCUT2D eigenvalue weighted by Crippen LogP contribution is -2.40. The molecule has 262 valence electrons. The van der Waals surface area contributed by atoms with Crippen molar-refractivity contribution in [1.29, 1.82) is 0 Å². The highest BCUT2D eigenvalue weighted by atomic mass is 16.5. The smallest absolute Gasteiger partial charge is 0.326 e. The third-order valence-corrected chi connectivity index (χ3v) is 7.53. The summed E-state index contributed by atoms with van der Waals surface area (Å²) in [6.45, 7) is 4.73. The van der Waals surface area contributed by atoms with E-state index in [-0.39, 0.29) is 18.0 Å². The number of ether oxygens (including phenoxy) is 1. The molecule has 0 aromatic rings. The molecule has 2 atom stereocenters. The summed E-state index contributed by atoms with van der Waals surface area (Å²) >= 11 is 0. The second kappa shape index (κ2) is 33.4. The van der Waals surface area contributed by atoms with Crippen molar-refractivity contribution in [2.24, 2.45) is 5.73 Å². The summed E-state index contributed by atoms with van der Waals surface area (Å²) in [7, 11) is 0. The number of carbonyl (C=O) groups excluding carboxylic acids is 2. The van der Waals surface area contributed by atoms with Gasteiger partial charge in [0.1, 0.15) is 12.1 Å². The third kappa shape index (κ3) is 29.8. The average Bonchev–Trinajstić information content (AvgIpc) is 3.03. The second-order valence-corrected chi connectivity index (χ2v) is 11.9. The van der Waals surface area contributed by atoms with Gasteiger partial charge in [-0.15, -0.1) is 0 Å². The fourth-order valence-corrected chi connectivity index (χ4v) is 4.79. The molecule has 7 nitrogen and oxygen atoms in total. The maximum absolute atomic E-state index is 12.5. The first-order chi connectivity index (χ1) is 22.4. The number of esters is 1. The van der Waals surface area contributed by atoms with E-state index in [1.54, 1.807) is 0 Å². The highest BCUT2D eigenvalue weighted by molar-refractivity contribution is 5.83. The highest BCUT2D eigenvalue weighted by Gasteiger charge is 2.18. The first-order valence-electron chi connectivity index (χ1n) is 18.1. The molecule has 7 heteroatoms. The number of unbranched alkanes of at least 4 members (excludes halogenated alkanes) is 11. The number of aliphatic carboxylic acids is 1. The van der Waals surface area contributed by atoms with Crippen LogP contribution in [0.2, 0.25) is 0 Å². The van der Waals surface area contributed by atoms with Crippen molar-refractivity contribution in [2.45, 2.75) is 161 Å². The molecule has 4 N–H and O–H groups in total. The van der Waals surface area contributed by atoms with Crippen LogP contribution in [0.1, 0.15) is 149 Å². The van der Waals surface area contributed by atoms with Gasteiger partial charge in [0.15, 0.2) is 0 Å². The van der Waals surface area contributed by atoms with Crippen LogP contribution in [0.25, 0.3) is 0 Å². The largest absolute Gasteiger partial charge is 0.480 e. The summed E-state index contributed by atoms with van der Waals surface area (Å²) in [6, 6.07) is -0.876. The lowest BCUT2D eigenvalue weighted by atomic mass is 10.1. The maximum atomic E-state index is 12.5. The van der Waals surface area contributed by atoms with E-state index < -0.39 is 12.0 Å². The Morgan fingerprint density at radius 3 is 1.91 bits per heavy atom. The van der Waals surface area contributed by atoms with Crippen LogP contribution in [0.15, 0.2) is 60.8 Å². The fraction of sp³-hybridized carbons (Fsp3) is 0.667. The van der Waals surface area contributed by atoms with Gasteiger partial charge in [-0.3, -0.25) is 9.59 Å². The van der Waals surface area contributed by atoms with E-state index >= 15 is 0 Å². The molecular formula is C39H66N2O5. The van der Waals surface area contributed by atoms with Gasteiger partial charge in [0, 0.05) is 12.8 Å². The van der Waals surface area contributed by atoms with Crippen molar-refractivity contribution in [3.8, 4) is 0 Å². The number of nitrogens with two attached hydrogens (primary N) is 1. The molecule has 0 aliphatic rings. The quantitative estimate of drug-likeness (QED) is 0.0394. The van der Waals surface area contributed by atoms with Gasteiger partial charge >= 0.3 is 11.9 Å². The number of allylic oxidation sites excluding steroid dienone is 8. The molecule has 46 heavy (non-hydrogen) atoms. The second-order valence-electron chi connectivity index (χ2n) is 11.9. The third-order valence-electron chi connectivity index (χ3n) is 7.53. The Kier molecular flexibility index (Phi) is 31.3. The number of carboxylic acid groups (broad SMARTS) is 1.